The molecule has 28 heavy (non-hydrogen) atoms. The Balaban J connectivity index is 3.08. The monoisotopic (exact) mass is 416 g/mol. The van der Waals surface area contributed by atoms with Gasteiger partial charge >= 0.3 is 0 Å². The van der Waals surface area contributed by atoms with E-state index in [0.717, 1.165) is 12.8 Å². The highest BCUT2D eigenvalue weighted by Gasteiger charge is 1.98. The standard InChI is InChI=1S/C24H48O3S/c1-2-3-4-5-6-7-8-9-10-11-12-13-14-15-16-17-18-19-20-21-22-23-24-28(25,26)27/h22-23H,2-21,24H2,1H3,(H,25,26,27)/b23-22+. The van der Waals surface area contributed by atoms with Crippen molar-refractivity contribution >= 4 is 10.1 Å². The Morgan fingerprint density at radius 1 is 0.536 bits per heavy atom. The van der Waals surface area contributed by atoms with E-state index >= 15 is 0 Å². The second-order valence-electron chi connectivity index (χ2n) is 8.37. The molecule has 0 aromatic heterocycles. The van der Waals surface area contributed by atoms with E-state index in [1.165, 1.54) is 116 Å². The summed E-state index contributed by atoms with van der Waals surface area (Å²) >= 11 is 0. The summed E-state index contributed by atoms with van der Waals surface area (Å²) in [4.78, 5) is 0. The molecule has 0 saturated carbocycles. The lowest BCUT2D eigenvalue weighted by Gasteiger charge is -2.03. The molecule has 0 aliphatic heterocycles. The number of rotatable bonds is 22. The molecular weight excluding hydrogens is 368 g/mol. The molecule has 0 spiro atoms. The van der Waals surface area contributed by atoms with Crippen molar-refractivity contribution in [3.63, 3.8) is 0 Å². The van der Waals surface area contributed by atoms with Crippen molar-refractivity contribution in [3.8, 4) is 0 Å². The maximum atomic E-state index is 10.5. The lowest BCUT2D eigenvalue weighted by molar-refractivity contribution is 0.486. The fraction of sp³-hybridized carbons (Fsp3) is 0.917. The number of allylic oxidation sites excluding steroid dienone is 1. The first-order valence-corrected chi connectivity index (χ1v) is 13.8. The van der Waals surface area contributed by atoms with Gasteiger partial charge in [0, 0.05) is 0 Å². The highest BCUT2D eigenvalue weighted by Crippen LogP contribution is 2.14. The van der Waals surface area contributed by atoms with Gasteiger partial charge in [-0.15, -0.1) is 0 Å². The van der Waals surface area contributed by atoms with Crippen molar-refractivity contribution in [3.05, 3.63) is 12.2 Å². The van der Waals surface area contributed by atoms with Crippen LogP contribution in [0, 0.1) is 0 Å². The van der Waals surface area contributed by atoms with Crippen LogP contribution in [-0.2, 0) is 10.1 Å². The zero-order chi connectivity index (χ0) is 20.8. The van der Waals surface area contributed by atoms with Crippen LogP contribution in [0.25, 0.3) is 0 Å². The van der Waals surface area contributed by atoms with E-state index in [1.807, 2.05) is 6.08 Å². The van der Waals surface area contributed by atoms with Gasteiger partial charge in [0.25, 0.3) is 10.1 Å². The number of hydrogen-bond donors (Lipinski definition) is 1. The van der Waals surface area contributed by atoms with E-state index in [2.05, 4.69) is 6.92 Å². The van der Waals surface area contributed by atoms with Crippen molar-refractivity contribution in [2.24, 2.45) is 0 Å². The molecule has 0 rings (SSSR count). The molecule has 4 heteroatoms. The molecule has 0 fully saturated rings. The van der Waals surface area contributed by atoms with Crippen LogP contribution in [0.2, 0.25) is 0 Å². The summed E-state index contributed by atoms with van der Waals surface area (Å²) in [7, 11) is -3.84. The minimum atomic E-state index is -3.84. The lowest BCUT2D eigenvalue weighted by Crippen LogP contribution is -1.99. The van der Waals surface area contributed by atoms with Gasteiger partial charge in [-0.1, -0.05) is 135 Å². The molecule has 0 atom stereocenters. The maximum Gasteiger partial charge on any atom is 0.268 e. The maximum absolute atomic E-state index is 10.5. The Bertz CT molecular complexity index is 429. The third kappa shape index (κ3) is 25.6. The van der Waals surface area contributed by atoms with Crippen molar-refractivity contribution in [1.29, 1.82) is 0 Å². The molecule has 3 nitrogen and oxygen atoms in total. The summed E-state index contributed by atoms with van der Waals surface area (Å²) in [6.07, 6.45) is 30.5. The summed E-state index contributed by atoms with van der Waals surface area (Å²) in [5.41, 5.74) is 0. The van der Waals surface area contributed by atoms with E-state index in [9.17, 15) is 8.42 Å². The largest absolute Gasteiger partial charge is 0.285 e. The minimum Gasteiger partial charge on any atom is -0.285 e. The van der Waals surface area contributed by atoms with Gasteiger partial charge in [-0.25, -0.2) is 0 Å². The van der Waals surface area contributed by atoms with Crippen LogP contribution < -0.4 is 0 Å². The fourth-order valence-corrected chi connectivity index (χ4v) is 4.03. The highest BCUT2D eigenvalue weighted by molar-refractivity contribution is 7.85. The van der Waals surface area contributed by atoms with E-state index in [-0.39, 0.29) is 5.75 Å². The van der Waals surface area contributed by atoms with Gasteiger partial charge in [-0.2, -0.15) is 8.42 Å². The molecule has 168 valence electrons. The molecule has 0 unspecified atom stereocenters. The summed E-state index contributed by atoms with van der Waals surface area (Å²) < 4.78 is 29.7. The van der Waals surface area contributed by atoms with Crippen molar-refractivity contribution < 1.29 is 13.0 Å². The first-order chi connectivity index (χ1) is 13.6. The molecular formula is C24H48O3S. The third-order valence-electron chi connectivity index (χ3n) is 5.45. The Hall–Kier alpha value is -0.350. The molecule has 0 bridgehead atoms. The van der Waals surface area contributed by atoms with E-state index < -0.39 is 10.1 Å². The van der Waals surface area contributed by atoms with Crippen LogP contribution in [0.1, 0.15) is 135 Å². The quantitative estimate of drug-likeness (QED) is 0.110. The summed E-state index contributed by atoms with van der Waals surface area (Å²) in [5, 5.41) is 0. The van der Waals surface area contributed by atoms with Crippen LogP contribution in [0.4, 0.5) is 0 Å². The Kier molecular flexibility index (Phi) is 21.1. The van der Waals surface area contributed by atoms with Gasteiger partial charge in [-0.3, -0.25) is 4.55 Å². The zero-order valence-corrected chi connectivity index (χ0v) is 19.5. The Morgan fingerprint density at radius 3 is 1.18 bits per heavy atom. The second-order valence-corrected chi connectivity index (χ2v) is 9.87. The number of hydrogen-bond acceptors (Lipinski definition) is 2. The van der Waals surface area contributed by atoms with E-state index in [4.69, 9.17) is 4.55 Å². The third-order valence-corrected chi connectivity index (χ3v) is 6.06. The van der Waals surface area contributed by atoms with E-state index in [1.54, 1.807) is 6.08 Å². The van der Waals surface area contributed by atoms with Crippen LogP contribution in [-0.4, -0.2) is 18.7 Å². The molecule has 0 saturated heterocycles. The molecule has 0 aromatic rings. The molecule has 0 aliphatic rings. The average Bonchev–Trinajstić information content (AvgIpc) is 2.65. The summed E-state index contributed by atoms with van der Waals surface area (Å²) in [6.45, 7) is 2.28. The lowest BCUT2D eigenvalue weighted by atomic mass is 10.0. The zero-order valence-electron chi connectivity index (χ0n) is 18.7. The molecule has 1 N–H and O–H groups in total. The van der Waals surface area contributed by atoms with Crippen LogP contribution >= 0.6 is 0 Å². The SMILES string of the molecule is CCCCCCCCCCCCCCCCCCCCC/C=C/CS(=O)(=O)O. The summed E-state index contributed by atoms with van der Waals surface area (Å²) in [5.74, 6) is -0.258. The second kappa shape index (κ2) is 21.4. The molecule has 0 heterocycles. The molecule has 0 amide bonds. The average molecular weight is 417 g/mol. The highest BCUT2D eigenvalue weighted by atomic mass is 32.2. The number of unbranched alkanes of at least 4 members (excludes halogenated alkanes) is 19. The summed E-state index contributed by atoms with van der Waals surface area (Å²) in [6, 6.07) is 0. The topological polar surface area (TPSA) is 54.4 Å². The Morgan fingerprint density at radius 2 is 0.857 bits per heavy atom. The van der Waals surface area contributed by atoms with Gasteiger partial charge in [0.2, 0.25) is 0 Å². The predicted molar refractivity (Wildman–Crippen MR) is 124 cm³/mol. The molecule has 0 radical (unpaired) electrons. The smallest absolute Gasteiger partial charge is 0.268 e. The molecule has 0 aliphatic carbocycles. The predicted octanol–water partition coefficient (Wildman–Crippen LogP) is 8.25. The van der Waals surface area contributed by atoms with Gasteiger partial charge in [-0.05, 0) is 12.8 Å². The van der Waals surface area contributed by atoms with Gasteiger partial charge in [0.15, 0.2) is 0 Å². The fourth-order valence-electron chi connectivity index (χ4n) is 3.65. The van der Waals surface area contributed by atoms with Crippen LogP contribution in [0.3, 0.4) is 0 Å². The first kappa shape index (κ1) is 27.6. The van der Waals surface area contributed by atoms with Crippen molar-refractivity contribution in [2.75, 3.05) is 5.75 Å². The van der Waals surface area contributed by atoms with Crippen molar-refractivity contribution in [1.82, 2.24) is 0 Å². The van der Waals surface area contributed by atoms with Crippen LogP contribution in [0.15, 0.2) is 12.2 Å². The normalized spacial score (nSPS) is 12.2. The van der Waals surface area contributed by atoms with Crippen molar-refractivity contribution in [2.45, 2.75) is 135 Å². The van der Waals surface area contributed by atoms with Gasteiger partial charge < -0.3 is 0 Å². The van der Waals surface area contributed by atoms with Gasteiger partial charge in [0.05, 0.1) is 5.75 Å². The van der Waals surface area contributed by atoms with Crippen LogP contribution in [0.5, 0.6) is 0 Å². The Labute approximate surface area is 176 Å². The first-order valence-electron chi connectivity index (χ1n) is 12.2. The minimum absolute atomic E-state index is 0.258. The van der Waals surface area contributed by atoms with E-state index in [0.29, 0.717) is 0 Å². The molecule has 0 aromatic carbocycles. The van der Waals surface area contributed by atoms with Gasteiger partial charge in [0.1, 0.15) is 0 Å².